The average molecular weight is 463 g/mol. The molecule has 10 heteroatoms. The van der Waals surface area contributed by atoms with Gasteiger partial charge in [0.05, 0.1) is 22.0 Å². The van der Waals surface area contributed by atoms with Gasteiger partial charge in [0.2, 0.25) is 5.91 Å². The van der Waals surface area contributed by atoms with Gasteiger partial charge in [-0.05, 0) is 52.1 Å². The number of rotatable bonds is 9. The molecule has 3 N–H and O–H groups in total. The monoisotopic (exact) mass is 462 g/mol. The molecule has 0 bridgehead atoms. The summed E-state index contributed by atoms with van der Waals surface area (Å²) >= 11 is 1.61. The van der Waals surface area contributed by atoms with E-state index in [-0.39, 0.29) is 18.0 Å². The molecule has 1 amide bonds. The summed E-state index contributed by atoms with van der Waals surface area (Å²) in [5.74, 6) is -0.157. The topological polar surface area (TPSA) is 129 Å². The minimum Gasteiger partial charge on any atom is -0.397 e. The number of nitrogens with two attached hydrogens (primary N) is 1. The van der Waals surface area contributed by atoms with Crippen molar-refractivity contribution in [2.24, 2.45) is 0 Å². The number of nitrogen functional groups attached to an aromatic ring is 1. The lowest BCUT2D eigenvalue weighted by Crippen LogP contribution is -2.13. The molecule has 0 radical (unpaired) electrons. The molecule has 33 heavy (non-hydrogen) atoms. The zero-order valence-electron chi connectivity index (χ0n) is 17.7. The second kappa shape index (κ2) is 10.0. The summed E-state index contributed by atoms with van der Waals surface area (Å²) in [6, 6.07) is 14.1. The highest BCUT2D eigenvalue weighted by molar-refractivity contribution is 7.08. The largest absolute Gasteiger partial charge is 0.397 e. The van der Waals surface area contributed by atoms with E-state index in [1.807, 2.05) is 35.0 Å². The number of aromatic nitrogens is 3. The number of carbonyl (C=O) groups is 1. The number of nitrogens with zero attached hydrogens (tertiary/aromatic N) is 4. The molecule has 168 valence electrons. The van der Waals surface area contributed by atoms with Crippen LogP contribution in [0.1, 0.15) is 17.7 Å². The van der Waals surface area contributed by atoms with Crippen LogP contribution in [0.2, 0.25) is 0 Å². The first kappa shape index (κ1) is 22.2. The molecule has 2 aromatic heterocycles. The molecule has 9 nitrogen and oxygen atoms in total. The lowest BCUT2D eigenvalue weighted by Gasteiger charge is -2.10. The van der Waals surface area contributed by atoms with E-state index in [1.54, 1.807) is 40.4 Å². The van der Waals surface area contributed by atoms with Crippen LogP contribution in [0.3, 0.4) is 0 Å². The Kier molecular flexibility index (Phi) is 6.75. The summed E-state index contributed by atoms with van der Waals surface area (Å²) < 4.78 is 1.67. The van der Waals surface area contributed by atoms with Gasteiger partial charge >= 0.3 is 0 Å². The molecule has 0 atom stereocenters. The summed E-state index contributed by atoms with van der Waals surface area (Å²) in [5, 5.41) is 26.0. The fraction of sp³-hybridized carbons (Fsp3) is 0.174. The number of hydrogen-bond acceptors (Lipinski definition) is 7. The summed E-state index contributed by atoms with van der Waals surface area (Å²) in [4.78, 5) is 23.0. The van der Waals surface area contributed by atoms with E-state index in [0.717, 1.165) is 16.7 Å². The predicted octanol–water partition coefficient (Wildman–Crippen LogP) is 4.31. The smallest absolute Gasteiger partial charge is 0.269 e. The molecular formula is C23H22N6O3S. The van der Waals surface area contributed by atoms with Crippen molar-refractivity contribution in [2.75, 3.05) is 11.1 Å². The van der Waals surface area contributed by atoms with Crippen LogP contribution in [0, 0.1) is 10.1 Å². The van der Waals surface area contributed by atoms with Gasteiger partial charge in [-0.1, -0.05) is 23.4 Å². The van der Waals surface area contributed by atoms with Crippen molar-refractivity contribution in [2.45, 2.75) is 25.8 Å². The quantitative estimate of drug-likeness (QED) is 0.217. The number of anilines is 2. The summed E-state index contributed by atoms with van der Waals surface area (Å²) in [5.41, 5.74) is 10.8. The lowest BCUT2D eigenvalue weighted by atomic mass is 10.1. The minimum atomic E-state index is -0.409. The van der Waals surface area contributed by atoms with Gasteiger partial charge in [0, 0.05) is 37.7 Å². The third kappa shape index (κ3) is 5.80. The van der Waals surface area contributed by atoms with Gasteiger partial charge in [0.15, 0.2) is 0 Å². The van der Waals surface area contributed by atoms with Crippen LogP contribution < -0.4 is 11.1 Å². The molecule has 0 aliphatic rings. The first-order valence-corrected chi connectivity index (χ1v) is 11.3. The van der Waals surface area contributed by atoms with Crippen molar-refractivity contribution >= 4 is 34.3 Å². The Morgan fingerprint density at radius 2 is 2.03 bits per heavy atom. The van der Waals surface area contributed by atoms with Crippen molar-refractivity contribution in [1.82, 2.24) is 15.0 Å². The van der Waals surface area contributed by atoms with Gasteiger partial charge in [-0.25, -0.2) is 0 Å². The molecule has 0 aliphatic carbocycles. The highest BCUT2D eigenvalue weighted by atomic mass is 32.1. The second-order valence-electron chi connectivity index (χ2n) is 7.51. The Morgan fingerprint density at radius 1 is 1.15 bits per heavy atom. The van der Waals surface area contributed by atoms with E-state index in [9.17, 15) is 14.9 Å². The number of hydrogen-bond donors (Lipinski definition) is 2. The van der Waals surface area contributed by atoms with Crippen LogP contribution in [0.5, 0.6) is 0 Å². The van der Waals surface area contributed by atoms with Gasteiger partial charge < -0.3 is 11.1 Å². The van der Waals surface area contributed by atoms with Gasteiger partial charge in [-0.2, -0.15) is 11.3 Å². The predicted molar refractivity (Wildman–Crippen MR) is 128 cm³/mol. The number of nitro groups is 1. The molecule has 0 spiro atoms. The molecule has 0 fully saturated rings. The Morgan fingerprint density at radius 3 is 2.82 bits per heavy atom. The van der Waals surface area contributed by atoms with E-state index in [0.29, 0.717) is 36.5 Å². The first-order chi connectivity index (χ1) is 16.0. The molecule has 2 aromatic carbocycles. The van der Waals surface area contributed by atoms with Crippen LogP contribution >= 0.6 is 11.3 Å². The van der Waals surface area contributed by atoms with Crippen LogP contribution in [0.25, 0.3) is 11.1 Å². The van der Waals surface area contributed by atoms with Crippen molar-refractivity contribution < 1.29 is 9.72 Å². The van der Waals surface area contributed by atoms with Gasteiger partial charge in [-0.15, -0.1) is 5.10 Å². The van der Waals surface area contributed by atoms with E-state index >= 15 is 0 Å². The highest BCUT2D eigenvalue weighted by Crippen LogP contribution is 2.28. The highest BCUT2D eigenvalue weighted by Gasteiger charge is 2.10. The minimum absolute atomic E-state index is 0.0688. The SMILES string of the molecule is Nc1ccc(-c2ccsc2)cc1NC(=O)CCc1cn(CCc2cccc([N+](=O)[O-])c2)nn1. The number of carbonyl (C=O) groups excluding carboxylic acids is 1. The molecule has 0 aliphatic heterocycles. The van der Waals surface area contributed by atoms with Crippen molar-refractivity contribution in [3.63, 3.8) is 0 Å². The maximum absolute atomic E-state index is 12.5. The average Bonchev–Trinajstić information content (AvgIpc) is 3.50. The van der Waals surface area contributed by atoms with Crippen LogP contribution in [0.4, 0.5) is 17.1 Å². The van der Waals surface area contributed by atoms with E-state index in [4.69, 9.17) is 5.73 Å². The van der Waals surface area contributed by atoms with Crippen molar-refractivity contribution in [1.29, 1.82) is 0 Å². The Balaban J connectivity index is 1.30. The number of benzene rings is 2. The number of thiophene rings is 1. The maximum Gasteiger partial charge on any atom is 0.269 e. The summed E-state index contributed by atoms with van der Waals surface area (Å²) in [6.07, 6.45) is 3.05. The fourth-order valence-electron chi connectivity index (χ4n) is 3.36. The maximum atomic E-state index is 12.5. The second-order valence-corrected chi connectivity index (χ2v) is 8.29. The zero-order chi connectivity index (χ0) is 23.2. The Bertz CT molecular complexity index is 1270. The molecule has 4 rings (SSSR count). The number of aryl methyl sites for hydroxylation is 3. The third-order valence-electron chi connectivity index (χ3n) is 5.13. The molecule has 2 heterocycles. The van der Waals surface area contributed by atoms with Gasteiger partial charge in [0.25, 0.3) is 5.69 Å². The first-order valence-electron chi connectivity index (χ1n) is 10.3. The van der Waals surface area contributed by atoms with Crippen LogP contribution in [0.15, 0.2) is 65.5 Å². The van der Waals surface area contributed by atoms with Gasteiger partial charge in [-0.3, -0.25) is 19.6 Å². The fourth-order valence-corrected chi connectivity index (χ4v) is 4.02. The summed E-state index contributed by atoms with van der Waals surface area (Å²) in [6.45, 7) is 0.534. The zero-order valence-corrected chi connectivity index (χ0v) is 18.5. The normalized spacial score (nSPS) is 10.8. The molecule has 0 unspecified atom stereocenters. The number of nitro benzene ring substituents is 1. The number of non-ortho nitro benzene ring substituents is 1. The summed E-state index contributed by atoms with van der Waals surface area (Å²) in [7, 11) is 0. The Labute approximate surface area is 194 Å². The standard InChI is InChI=1S/C23H22N6O3S/c24-21-6-4-17(18-9-11-33-15-18)13-22(21)25-23(30)7-5-19-14-28(27-26-19)10-8-16-2-1-3-20(12-16)29(31)32/h1-4,6,9,11-15H,5,7-8,10,24H2,(H,25,30). The third-order valence-corrected chi connectivity index (χ3v) is 5.81. The molecule has 0 saturated heterocycles. The van der Waals surface area contributed by atoms with Crippen LogP contribution in [-0.4, -0.2) is 25.8 Å². The van der Waals surface area contributed by atoms with E-state index in [1.165, 1.54) is 6.07 Å². The number of amides is 1. The van der Waals surface area contributed by atoms with Crippen LogP contribution in [-0.2, 0) is 24.2 Å². The van der Waals surface area contributed by atoms with Crippen molar-refractivity contribution in [3.8, 4) is 11.1 Å². The van der Waals surface area contributed by atoms with Gasteiger partial charge in [0.1, 0.15) is 0 Å². The Hall–Kier alpha value is -4.05. The lowest BCUT2D eigenvalue weighted by molar-refractivity contribution is -0.384. The molecule has 4 aromatic rings. The van der Waals surface area contributed by atoms with Crippen molar-refractivity contribution in [3.05, 3.63) is 86.9 Å². The number of nitrogens with one attached hydrogen (secondary N) is 1. The van der Waals surface area contributed by atoms with E-state index in [2.05, 4.69) is 15.6 Å². The molecule has 0 saturated carbocycles. The van der Waals surface area contributed by atoms with E-state index < -0.39 is 4.92 Å². The molecular weight excluding hydrogens is 440 g/mol.